The number of carbonyl (C=O) groups is 2. The lowest BCUT2D eigenvalue weighted by Gasteiger charge is -2.40. The van der Waals surface area contributed by atoms with Crippen LogP contribution in [0, 0.1) is 5.92 Å². The summed E-state index contributed by atoms with van der Waals surface area (Å²) in [6.07, 6.45) is 0.891. The molecular weight excluding hydrogens is 468 g/mol. The fourth-order valence-corrected chi connectivity index (χ4v) is 6.60. The molecule has 1 unspecified atom stereocenters. The molecule has 0 bridgehead atoms. The van der Waals surface area contributed by atoms with Crippen LogP contribution in [0.25, 0.3) is 0 Å². The first kappa shape index (κ1) is 28.3. The molecule has 0 aliphatic heterocycles. The van der Waals surface area contributed by atoms with Crippen molar-refractivity contribution in [2.45, 2.75) is 56.9 Å². The zero-order chi connectivity index (χ0) is 26.2. The van der Waals surface area contributed by atoms with E-state index in [4.69, 9.17) is 17.2 Å². The molecule has 2 rings (SSSR count). The van der Waals surface area contributed by atoms with E-state index in [9.17, 15) is 23.1 Å². The normalized spacial score (nSPS) is 14.4. The van der Waals surface area contributed by atoms with Crippen LogP contribution in [0.15, 0.2) is 53.4 Å². The van der Waals surface area contributed by atoms with Gasteiger partial charge in [-0.2, -0.15) is 8.42 Å². The lowest BCUT2D eigenvalue weighted by Crippen LogP contribution is -2.66. The Morgan fingerprint density at radius 2 is 1.63 bits per heavy atom. The average Bonchev–Trinajstić information content (AvgIpc) is 2.79. The molecule has 2 aromatic carbocycles. The van der Waals surface area contributed by atoms with Gasteiger partial charge in [0.2, 0.25) is 6.04 Å². The number of hydrogen-bond donors (Lipinski definition) is 4. The second-order valence-corrected chi connectivity index (χ2v) is 11.2. The minimum atomic E-state index is -4.48. The Labute approximate surface area is 207 Å². The lowest BCUT2D eigenvalue weighted by atomic mass is 10.0. The summed E-state index contributed by atoms with van der Waals surface area (Å²) in [4.78, 5) is 26.4. The van der Waals surface area contributed by atoms with E-state index in [1.807, 2.05) is 0 Å². The molecule has 192 valence electrons. The number of sulfonamides is 1. The highest BCUT2D eigenvalue weighted by Crippen LogP contribution is 2.34. The van der Waals surface area contributed by atoms with E-state index in [-0.39, 0.29) is 36.6 Å². The molecule has 2 atom stereocenters. The number of benzene rings is 2. The van der Waals surface area contributed by atoms with Gasteiger partial charge in [-0.15, -0.1) is 3.89 Å². The van der Waals surface area contributed by atoms with Crippen molar-refractivity contribution in [3.8, 4) is 0 Å². The van der Waals surface area contributed by atoms with E-state index in [1.165, 1.54) is 24.3 Å². The monoisotopic (exact) mass is 505 g/mol. The highest BCUT2D eigenvalue weighted by Gasteiger charge is 2.58. The molecule has 0 spiro atoms. The van der Waals surface area contributed by atoms with Crippen LogP contribution in [-0.4, -0.2) is 48.4 Å². The van der Waals surface area contributed by atoms with E-state index in [0.717, 1.165) is 0 Å². The predicted octanol–water partition coefficient (Wildman–Crippen LogP) is 2.75. The third-order valence-corrected chi connectivity index (χ3v) is 8.38. The number of carboxylic acids is 1. The van der Waals surface area contributed by atoms with Crippen LogP contribution < -0.4 is 17.2 Å². The fourth-order valence-electron chi connectivity index (χ4n) is 4.36. The molecule has 7 N–H and O–H groups in total. The predicted molar refractivity (Wildman–Crippen MR) is 137 cm³/mol. The zero-order valence-corrected chi connectivity index (χ0v) is 21.2. The third-order valence-electron chi connectivity index (χ3n) is 6.05. The van der Waals surface area contributed by atoms with Crippen LogP contribution in [0.5, 0.6) is 0 Å². The molecule has 9 nitrogen and oxygen atoms in total. The molecule has 2 aromatic rings. The topological polar surface area (TPSA) is 167 Å². The highest BCUT2D eigenvalue weighted by atomic mass is 32.2. The summed E-state index contributed by atoms with van der Waals surface area (Å²) in [6, 6.07) is 11.0. The molecule has 0 radical (unpaired) electrons. The van der Waals surface area contributed by atoms with Gasteiger partial charge in [0.15, 0.2) is 0 Å². The second kappa shape index (κ2) is 12.1. The standard InChI is InChI=1S/C25H36N4O5S/c1-18(2)17-29(23(25(31)32)9-5-6-16-26,35(33,34)21-13-11-20(27)12-14-21)24(30)15-10-19-7-3-4-8-22(19)28/h3-4,7-8,11-14,18,23H,5-6,9-10,15-17,26-28H2,1-2H3/p+1/t23-,29?/m0/s1. The number of nitrogens with zero attached hydrogens (tertiary/aromatic N) is 1. The summed E-state index contributed by atoms with van der Waals surface area (Å²) in [5.74, 6) is -2.31. The van der Waals surface area contributed by atoms with E-state index >= 15 is 0 Å². The molecule has 10 heteroatoms. The Morgan fingerprint density at radius 1 is 1.00 bits per heavy atom. The highest BCUT2D eigenvalue weighted by molar-refractivity contribution is 7.86. The van der Waals surface area contributed by atoms with Crippen molar-refractivity contribution < 1.29 is 27.0 Å². The van der Waals surface area contributed by atoms with E-state index in [2.05, 4.69) is 0 Å². The average molecular weight is 506 g/mol. The maximum atomic E-state index is 14.2. The first-order valence-electron chi connectivity index (χ1n) is 11.8. The van der Waals surface area contributed by atoms with E-state index < -0.39 is 31.8 Å². The number of unbranched alkanes of at least 4 members (excludes halogenated alkanes) is 1. The molecule has 0 aliphatic rings. The number of carbonyl (C=O) groups excluding carboxylic acids is 1. The number of anilines is 2. The number of quaternary nitrogens is 1. The van der Waals surface area contributed by atoms with Crippen molar-refractivity contribution in [3.05, 3.63) is 54.1 Å². The Bertz CT molecular complexity index is 1120. The van der Waals surface area contributed by atoms with Gasteiger partial charge in [0.1, 0.15) is 11.4 Å². The molecule has 35 heavy (non-hydrogen) atoms. The van der Waals surface area contributed by atoms with Crippen molar-refractivity contribution in [2.24, 2.45) is 11.7 Å². The number of aryl methyl sites for hydroxylation is 1. The maximum absolute atomic E-state index is 14.2. The number of rotatable bonds is 13. The maximum Gasteiger partial charge on any atom is 0.364 e. The van der Waals surface area contributed by atoms with Crippen molar-refractivity contribution in [2.75, 3.05) is 24.6 Å². The summed E-state index contributed by atoms with van der Waals surface area (Å²) in [6.45, 7) is 3.69. The van der Waals surface area contributed by atoms with Gasteiger partial charge in [-0.3, -0.25) is 0 Å². The summed E-state index contributed by atoms with van der Waals surface area (Å²) < 4.78 is 27.2. The molecule has 0 fully saturated rings. The fraction of sp³-hybridized carbons (Fsp3) is 0.440. The van der Waals surface area contributed by atoms with E-state index in [0.29, 0.717) is 36.3 Å². The smallest absolute Gasteiger partial charge is 0.364 e. The quantitative estimate of drug-likeness (QED) is 0.183. The Kier molecular flexibility index (Phi) is 9.82. The van der Waals surface area contributed by atoms with Gasteiger partial charge in [-0.05, 0) is 61.7 Å². The van der Waals surface area contributed by atoms with Crippen molar-refractivity contribution in [1.29, 1.82) is 0 Å². The minimum absolute atomic E-state index is 0.00727. The third kappa shape index (κ3) is 6.39. The van der Waals surface area contributed by atoms with Gasteiger partial charge in [-0.1, -0.05) is 32.0 Å². The van der Waals surface area contributed by atoms with Crippen LogP contribution >= 0.6 is 0 Å². The Hall–Kier alpha value is -2.95. The SMILES string of the molecule is CC(C)C[N+](C(=O)CCc1ccccc1N)([C@@H](CCCCN)C(=O)O)S(=O)(=O)c1ccc(N)cc1. The number of nitrogen functional groups attached to an aromatic ring is 2. The molecule has 0 heterocycles. The number of amides is 1. The Morgan fingerprint density at radius 3 is 2.17 bits per heavy atom. The molecule has 0 saturated carbocycles. The van der Waals surface area contributed by atoms with Crippen molar-refractivity contribution in [3.63, 3.8) is 0 Å². The van der Waals surface area contributed by atoms with Crippen LogP contribution in [-0.2, 0) is 26.0 Å². The van der Waals surface area contributed by atoms with Gasteiger partial charge >= 0.3 is 21.9 Å². The van der Waals surface area contributed by atoms with Crippen LogP contribution in [0.4, 0.5) is 11.4 Å². The molecule has 0 aromatic heterocycles. The van der Waals surface area contributed by atoms with Crippen LogP contribution in [0.3, 0.4) is 0 Å². The molecule has 1 amide bonds. The summed E-state index contributed by atoms with van der Waals surface area (Å²) >= 11 is 0. The summed E-state index contributed by atoms with van der Waals surface area (Å²) in [5, 5.41) is 10.3. The Balaban J connectivity index is 2.69. The summed E-state index contributed by atoms with van der Waals surface area (Å²) in [7, 11) is -4.48. The number of carboxylic acid groups (broad SMARTS) is 1. The van der Waals surface area contributed by atoms with Crippen LogP contribution in [0.1, 0.15) is 45.1 Å². The largest absolute Gasteiger partial charge is 0.477 e. The molecule has 0 aliphatic carbocycles. The van der Waals surface area contributed by atoms with Crippen molar-refractivity contribution in [1.82, 2.24) is 0 Å². The minimum Gasteiger partial charge on any atom is -0.477 e. The zero-order valence-electron chi connectivity index (χ0n) is 20.4. The van der Waals surface area contributed by atoms with Gasteiger partial charge < -0.3 is 22.3 Å². The number of aliphatic carboxylic acids is 1. The van der Waals surface area contributed by atoms with Gasteiger partial charge in [0.25, 0.3) is 0 Å². The molecule has 0 saturated heterocycles. The molecular formula is C25H37N4O5S+. The van der Waals surface area contributed by atoms with Crippen LogP contribution in [0.2, 0.25) is 0 Å². The first-order chi connectivity index (χ1) is 16.5. The number of nitrogens with two attached hydrogens (primary N) is 3. The van der Waals surface area contributed by atoms with Gasteiger partial charge in [-0.25, -0.2) is 9.59 Å². The van der Waals surface area contributed by atoms with Gasteiger partial charge in [0.05, 0.1) is 6.42 Å². The summed E-state index contributed by atoms with van der Waals surface area (Å²) in [5.41, 5.74) is 18.9. The first-order valence-corrected chi connectivity index (χ1v) is 13.2. The second-order valence-electron chi connectivity index (χ2n) is 9.15. The van der Waals surface area contributed by atoms with Gasteiger partial charge in [0, 0.05) is 23.7 Å². The van der Waals surface area contributed by atoms with Crippen molar-refractivity contribution >= 4 is 33.3 Å². The van der Waals surface area contributed by atoms with E-state index in [1.54, 1.807) is 38.1 Å². The number of para-hydroxylation sites is 1. The lowest BCUT2D eigenvalue weighted by molar-refractivity contribution is -0.753. The number of hydrogen-bond acceptors (Lipinski definition) is 7.